The number of hydrogen-bond acceptors (Lipinski definition) is 4. The van der Waals surface area contributed by atoms with E-state index in [1.807, 2.05) is 44.2 Å². The molecule has 3 N–H and O–H groups in total. The van der Waals surface area contributed by atoms with E-state index in [0.29, 0.717) is 10.6 Å². The Labute approximate surface area is 187 Å². The van der Waals surface area contributed by atoms with E-state index in [9.17, 15) is 4.79 Å². The highest BCUT2D eigenvalue weighted by molar-refractivity contribution is 7.21. The number of thiophene rings is 1. The number of nitrogens with zero attached hydrogens (tertiary/aromatic N) is 1. The maximum absolute atomic E-state index is 13.0. The van der Waals surface area contributed by atoms with Crippen LogP contribution in [0.1, 0.15) is 42.4 Å². The van der Waals surface area contributed by atoms with Crippen LogP contribution >= 0.6 is 11.3 Å². The van der Waals surface area contributed by atoms with Crippen LogP contribution in [0.5, 0.6) is 0 Å². The average Bonchev–Trinajstić information content (AvgIpc) is 3.11. The zero-order valence-corrected chi connectivity index (χ0v) is 19.1. The summed E-state index contributed by atoms with van der Waals surface area (Å²) in [7, 11) is 0. The van der Waals surface area contributed by atoms with E-state index < -0.39 is 0 Å². The van der Waals surface area contributed by atoms with E-state index in [4.69, 9.17) is 10.7 Å². The minimum atomic E-state index is -0.303. The molecule has 0 aliphatic carbocycles. The maximum Gasteiger partial charge on any atom is 0.263 e. The van der Waals surface area contributed by atoms with Crippen LogP contribution in [0.4, 0.5) is 5.69 Å². The van der Waals surface area contributed by atoms with Gasteiger partial charge in [-0.2, -0.15) is 0 Å². The molecule has 158 valence electrons. The van der Waals surface area contributed by atoms with Crippen molar-refractivity contribution in [3.63, 3.8) is 0 Å². The second kappa shape index (κ2) is 8.16. The second-order valence-electron chi connectivity index (χ2n) is 8.50. The molecule has 0 bridgehead atoms. The first-order valence-electron chi connectivity index (χ1n) is 10.5. The van der Waals surface area contributed by atoms with E-state index in [1.54, 1.807) is 0 Å². The first-order chi connectivity index (χ1) is 14.8. The van der Waals surface area contributed by atoms with Gasteiger partial charge in [-0.05, 0) is 44.4 Å². The van der Waals surface area contributed by atoms with Crippen molar-refractivity contribution in [3.8, 4) is 22.4 Å². The van der Waals surface area contributed by atoms with Crippen LogP contribution in [0.2, 0.25) is 0 Å². The van der Waals surface area contributed by atoms with Gasteiger partial charge in [0, 0.05) is 16.5 Å². The van der Waals surface area contributed by atoms with Gasteiger partial charge in [0.1, 0.15) is 9.71 Å². The number of nitrogen functional groups attached to an aromatic ring is 1. The molecule has 0 spiro atoms. The minimum Gasteiger partial charge on any atom is -0.397 e. The number of nitrogens with two attached hydrogens (primary N) is 1. The minimum absolute atomic E-state index is 0.150. The van der Waals surface area contributed by atoms with Gasteiger partial charge in [-0.25, -0.2) is 4.98 Å². The molecule has 0 aliphatic rings. The third kappa shape index (κ3) is 4.19. The summed E-state index contributed by atoms with van der Waals surface area (Å²) < 4.78 is 0. The molecule has 4 nitrogen and oxygen atoms in total. The lowest BCUT2D eigenvalue weighted by atomic mass is 9.98. The van der Waals surface area contributed by atoms with E-state index in [0.717, 1.165) is 39.0 Å². The molecule has 0 saturated heterocycles. The highest BCUT2D eigenvalue weighted by Gasteiger charge is 2.25. The molecular formula is C26H27N3OS. The van der Waals surface area contributed by atoms with Crippen LogP contribution < -0.4 is 11.1 Å². The van der Waals surface area contributed by atoms with Crippen molar-refractivity contribution in [2.75, 3.05) is 5.73 Å². The number of pyridine rings is 1. The second-order valence-corrected chi connectivity index (χ2v) is 9.50. The lowest BCUT2D eigenvalue weighted by molar-refractivity contribution is 0.0916. The molecule has 4 aromatic rings. The van der Waals surface area contributed by atoms with Crippen LogP contribution in [-0.4, -0.2) is 16.4 Å². The summed E-state index contributed by atoms with van der Waals surface area (Å²) >= 11 is 1.36. The Morgan fingerprint density at radius 1 is 1.06 bits per heavy atom. The van der Waals surface area contributed by atoms with Crippen molar-refractivity contribution in [2.45, 2.75) is 39.7 Å². The average molecular weight is 430 g/mol. The van der Waals surface area contributed by atoms with Crippen LogP contribution in [0.25, 0.3) is 32.6 Å². The standard InChI is InChI=1S/C26H27N3OS/c1-5-26(3,4)29-24(30)23-22(27)21-19(17-13-11-16(2)12-14-17)15-20(28-25(21)31-23)18-9-7-6-8-10-18/h6-15H,5,27H2,1-4H3,(H,29,30). The zero-order valence-electron chi connectivity index (χ0n) is 18.3. The van der Waals surface area contributed by atoms with Gasteiger partial charge in [-0.1, -0.05) is 67.1 Å². The van der Waals surface area contributed by atoms with E-state index in [1.165, 1.54) is 16.9 Å². The van der Waals surface area contributed by atoms with Gasteiger partial charge in [-0.3, -0.25) is 4.79 Å². The monoisotopic (exact) mass is 429 g/mol. The SMILES string of the molecule is CCC(C)(C)NC(=O)c1sc2nc(-c3ccccc3)cc(-c3ccc(C)cc3)c2c1N. The number of rotatable bonds is 5. The Hall–Kier alpha value is -3.18. The van der Waals surface area contributed by atoms with E-state index in [-0.39, 0.29) is 11.4 Å². The molecule has 4 rings (SSSR count). The summed E-state index contributed by atoms with van der Waals surface area (Å²) in [5.41, 5.74) is 11.9. The Morgan fingerprint density at radius 3 is 2.39 bits per heavy atom. The van der Waals surface area contributed by atoms with E-state index in [2.05, 4.69) is 49.5 Å². The van der Waals surface area contributed by atoms with Gasteiger partial charge in [0.25, 0.3) is 5.91 Å². The van der Waals surface area contributed by atoms with Gasteiger partial charge in [0.15, 0.2) is 0 Å². The summed E-state index contributed by atoms with van der Waals surface area (Å²) in [4.78, 5) is 19.2. The Balaban J connectivity index is 1.93. The van der Waals surface area contributed by atoms with Crippen molar-refractivity contribution in [1.82, 2.24) is 10.3 Å². The Kier molecular flexibility index (Phi) is 5.54. The van der Waals surface area contributed by atoms with Crippen LogP contribution in [0.15, 0.2) is 60.7 Å². The normalized spacial score (nSPS) is 11.6. The maximum atomic E-state index is 13.0. The van der Waals surface area contributed by atoms with Crippen molar-refractivity contribution < 1.29 is 4.79 Å². The fourth-order valence-electron chi connectivity index (χ4n) is 3.46. The number of fused-ring (bicyclic) bond motifs is 1. The number of nitrogens with one attached hydrogen (secondary N) is 1. The first-order valence-corrected chi connectivity index (χ1v) is 11.3. The lowest BCUT2D eigenvalue weighted by Crippen LogP contribution is -2.42. The number of aryl methyl sites for hydroxylation is 1. The lowest BCUT2D eigenvalue weighted by Gasteiger charge is -2.24. The Bertz CT molecular complexity index is 1240. The summed E-state index contributed by atoms with van der Waals surface area (Å²) in [6, 6.07) is 20.5. The number of hydrogen-bond donors (Lipinski definition) is 2. The van der Waals surface area contributed by atoms with E-state index >= 15 is 0 Å². The predicted octanol–water partition coefficient (Wildman–Crippen LogP) is 6.44. The number of aromatic nitrogens is 1. The number of anilines is 1. The summed E-state index contributed by atoms with van der Waals surface area (Å²) in [5, 5.41) is 3.94. The van der Waals surface area contributed by atoms with Gasteiger partial charge in [-0.15, -0.1) is 11.3 Å². The molecular weight excluding hydrogens is 402 g/mol. The highest BCUT2D eigenvalue weighted by atomic mass is 32.1. The predicted molar refractivity (Wildman–Crippen MR) is 131 cm³/mol. The largest absolute Gasteiger partial charge is 0.397 e. The number of amides is 1. The molecule has 0 radical (unpaired) electrons. The highest BCUT2D eigenvalue weighted by Crippen LogP contribution is 2.41. The molecule has 0 unspecified atom stereocenters. The summed E-state index contributed by atoms with van der Waals surface area (Å²) in [6.45, 7) is 8.14. The van der Waals surface area contributed by atoms with Gasteiger partial charge in [0.05, 0.1) is 11.4 Å². The van der Waals surface area contributed by atoms with Crippen LogP contribution in [-0.2, 0) is 0 Å². The topological polar surface area (TPSA) is 68.0 Å². The summed E-state index contributed by atoms with van der Waals surface area (Å²) in [5.74, 6) is -0.150. The molecule has 31 heavy (non-hydrogen) atoms. The zero-order chi connectivity index (χ0) is 22.2. The molecule has 0 aliphatic heterocycles. The Morgan fingerprint density at radius 2 is 1.74 bits per heavy atom. The molecule has 0 fully saturated rings. The third-order valence-corrected chi connectivity index (χ3v) is 6.77. The molecule has 2 aromatic heterocycles. The number of benzene rings is 2. The van der Waals surface area contributed by atoms with Crippen molar-refractivity contribution in [2.24, 2.45) is 0 Å². The smallest absolute Gasteiger partial charge is 0.263 e. The molecule has 2 heterocycles. The molecule has 1 amide bonds. The fraction of sp³-hybridized carbons (Fsp3) is 0.231. The molecule has 0 saturated carbocycles. The number of carbonyl (C=O) groups excluding carboxylic acids is 1. The number of carbonyl (C=O) groups is 1. The van der Waals surface area contributed by atoms with Crippen molar-refractivity contribution in [3.05, 3.63) is 71.1 Å². The van der Waals surface area contributed by atoms with Crippen LogP contribution in [0.3, 0.4) is 0 Å². The van der Waals surface area contributed by atoms with Gasteiger partial charge < -0.3 is 11.1 Å². The van der Waals surface area contributed by atoms with Crippen LogP contribution in [0, 0.1) is 6.92 Å². The summed E-state index contributed by atoms with van der Waals surface area (Å²) in [6.07, 6.45) is 0.828. The molecule has 2 aromatic carbocycles. The third-order valence-electron chi connectivity index (χ3n) is 5.67. The molecule has 0 atom stereocenters. The van der Waals surface area contributed by atoms with Gasteiger partial charge >= 0.3 is 0 Å². The first kappa shape index (κ1) is 21.1. The van der Waals surface area contributed by atoms with Crippen molar-refractivity contribution >= 4 is 33.1 Å². The quantitative estimate of drug-likeness (QED) is 0.384. The van der Waals surface area contributed by atoms with Crippen molar-refractivity contribution in [1.29, 1.82) is 0 Å². The van der Waals surface area contributed by atoms with Gasteiger partial charge in [0.2, 0.25) is 0 Å². The molecule has 5 heteroatoms. The fourth-order valence-corrected chi connectivity index (χ4v) is 4.47.